The molecule has 0 radical (unpaired) electrons. The van der Waals surface area contributed by atoms with Crippen LogP contribution in [-0.2, 0) is 4.79 Å². The Bertz CT molecular complexity index is 475. The minimum Gasteiger partial charge on any atom is -0.480 e. The Morgan fingerprint density at radius 1 is 1.17 bits per heavy atom. The van der Waals surface area contributed by atoms with E-state index in [9.17, 15) is 9.90 Å². The zero-order valence-corrected chi connectivity index (χ0v) is 12.3. The fourth-order valence-electron chi connectivity index (χ4n) is 2.39. The predicted molar refractivity (Wildman–Crippen MR) is 75.5 cm³/mol. The Balaban J connectivity index is 2.43. The first-order valence-electron chi connectivity index (χ1n) is 6.37. The molecule has 0 spiro atoms. The monoisotopic (exact) mass is 264 g/mol. The van der Waals surface area contributed by atoms with Gasteiger partial charge in [-0.05, 0) is 69.2 Å². The van der Waals surface area contributed by atoms with Gasteiger partial charge in [0.2, 0.25) is 0 Å². The summed E-state index contributed by atoms with van der Waals surface area (Å²) in [5, 5.41) is 9.44. The van der Waals surface area contributed by atoms with Crippen molar-refractivity contribution in [3.8, 4) is 0 Å². The molecule has 3 heteroatoms. The van der Waals surface area contributed by atoms with Gasteiger partial charge in [0.15, 0.2) is 0 Å². The van der Waals surface area contributed by atoms with Crippen molar-refractivity contribution in [2.24, 2.45) is 0 Å². The van der Waals surface area contributed by atoms with Crippen LogP contribution in [0.1, 0.15) is 41.5 Å². The minimum absolute atomic E-state index is 0.574. The molecule has 0 aromatic heterocycles. The first-order chi connectivity index (χ1) is 8.37. The van der Waals surface area contributed by atoms with Gasteiger partial charge in [0, 0.05) is 4.90 Å². The Morgan fingerprint density at radius 3 is 2.00 bits per heavy atom. The summed E-state index contributed by atoms with van der Waals surface area (Å²) in [5.74, 6) is -0.656. The highest BCUT2D eigenvalue weighted by Crippen LogP contribution is 2.50. The lowest BCUT2D eigenvalue weighted by atomic mass is 9.84. The number of hydrogen-bond donors (Lipinski definition) is 1. The number of benzene rings is 1. The number of carboxylic acid groups (broad SMARTS) is 1. The predicted octanol–water partition coefficient (Wildman–Crippen LogP) is 4.02. The normalized spacial score (nSPS) is 17.3. The fourth-order valence-corrected chi connectivity index (χ4v) is 3.99. The smallest absolute Gasteiger partial charge is 0.320 e. The van der Waals surface area contributed by atoms with Crippen LogP contribution in [0, 0.1) is 27.7 Å². The molecule has 2 rings (SSSR count). The van der Waals surface area contributed by atoms with E-state index in [1.807, 2.05) is 0 Å². The van der Waals surface area contributed by atoms with Crippen LogP contribution < -0.4 is 0 Å². The zero-order valence-electron chi connectivity index (χ0n) is 11.5. The maximum Gasteiger partial charge on any atom is 0.320 e. The highest BCUT2D eigenvalue weighted by atomic mass is 32.2. The van der Waals surface area contributed by atoms with Crippen molar-refractivity contribution < 1.29 is 9.90 Å². The largest absolute Gasteiger partial charge is 0.480 e. The molecule has 98 valence electrons. The van der Waals surface area contributed by atoms with E-state index in [-0.39, 0.29) is 0 Å². The van der Waals surface area contributed by atoms with Gasteiger partial charge in [0.05, 0.1) is 0 Å². The second kappa shape index (κ2) is 4.61. The van der Waals surface area contributed by atoms with Crippen molar-refractivity contribution in [3.63, 3.8) is 0 Å². The van der Waals surface area contributed by atoms with Gasteiger partial charge in [0.1, 0.15) is 4.75 Å². The second-order valence-corrected chi connectivity index (χ2v) is 6.74. The second-order valence-electron chi connectivity index (χ2n) is 5.34. The molecular weight excluding hydrogens is 244 g/mol. The quantitative estimate of drug-likeness (QED) is 0.896. The fraction of sp³-hybridized carbons (Fsp3) is 0.533. The Kier molecular flexibility index (Phi) is 3.45. The van der Waals surface area contributed by atoms with E-state index in [2.05, 4.69) is 33.8 Å². The third-order valence-corrected chi connectivity index (χ3v) is 5.94. The molecule has 1 saturated carbocycles. The Labute approximate surface area is 113 Å². The molecule has 1 aromatic carbocycles. The number of aryl methyl sites for hydroxylation is 2. The Hall–Kier alpha value is -0.960. The molecule has 1 aliphatic rings. The summed E-state index contributed by atoms with van der Waals surface area (Å²) >= 11 is 1.57. The van der Waals surface area contributed by atoms with Crippen molar-refractivity contribution in [2.75, 3.05) is 0 Å². The summed E-state index contributed by atoms with van der Waals surface area (Å²) in [5.41, 5.74) is 4.96. The first-order valence-corrected chi connectivity index (χ1v) is 7.19. The molecule has 0 aliphatic heterocycles. The van der Waals surface area contributed by atoms with Gasteiger partial charge in [-0.2, -0.15) is 0 Å². The summed E-state index contributed by atoms with van der Waals surface area (Å²) < 4.78 is -0.574. The zero-order chi connectivity index (χ0) is 13.5. The molecule has 1 fully saturated rings. The van der Waals surface area contributed by atoms with E-state index >= 15 is 0 Å². The summed E-state index contributed by atoms with van der Waals surface area (Å²) in [6.45, 7) is 8.39. The summed E-state index contributed by atoms with van der Waals surface area (Å²) in [7, 11) is 0. The molecule has 0 atom stereocenters. The number of hydrogen-bond acceptors (Lipinski definition) is 2. The maximum absolute atomic E-state index is 11.5. The number of thioether (sulfide) groups is 1. The van der Waals surface area contributed by atoms with Crippen molar-refractivity contribution in [2.45, 2.75) is 56.6 Å². The standard InChI is InChI=1S/C15H20O2S/c1-9-8-10(2)12(4)13(11(9)3)18-15(14(16)17)6-5-7-15/h8H,5-7H2,1-4H3,(H,16,17). The van der Waals surface area contributed by atoms with Gasteiger partial charge < -0.3 is 5.11 Å². The highest BCUT2D eigenvalue weighted by molar-refractivity contribution is 8.01. The van der Waals surface area contributed by atoms with Crippen LogP contribution in [0.2, 0.25) is 0 Å². The van der Waals surface area contributed by atoms with Crippen molar-refractivity contribution in [3.05, 3.63) is 28.3 Å². The molecule has 1 N–H and O–H groups in total. The van der Waals surface area contributed by atoms with E-state index < -0.39 is 10.7 Å². The molecule has 1 aliphatic carbocycles. The summed E-state index contributed by atoms with van der Waals surface area (Å²) in [6.07, 6.45) is 2.61. The van der Waals surface area contributed by atoms with Crippen molar-refractivity contribution in [1.82, 2.24) is 0 Å². The third kappa shape index (κ3) is 2.05. The summed E-state index contributed by atoms with van der Waals surface area (Å²) in [6, 6.07) is 2.18. The molecule has 0 amide bonds. The minimum atomic E-state index is -0.656. The number of carbonyl (C=O) groups is 1. The van der Waals surface area contributed by atoms with Gasteiger partial charge >= 0.3 is 5.97 Å². The number of rotatable bonds is 3. The van der Waals surface area contributed by atoms with Gasteiger partial charge in [0.25, 0.3) is 0 Å². The lowest BCUT2D eigenvalue weighted by molar-refractivity contribution is -0.142. The van der Waals surface area contributed by atoms with Crippen LogP contribution in [0.5, 0.6) is 0 Å². The molecule has 0 bridgehead atoms. The molecule has 18 heavy (non-hydrogen) atoms. The molecule has 0 heterocycles. The lowest BCUT2D eigenvalue weighted by Gasteiger charge is -2.37. The van der Waals surface area contributed by atoms with E-state index in [0.29, 0.717) is 0 Å². The van der Waals surface area contributed by atoms with Gasteiger partial charge in [-0.15, -0.1) is 11.8 Å². The van der Waals surface area contributed by atoms with E-state index in [1.54, 1.807) is 11.8 Å². The van der Waals surface area contributed by atoms with Crippen LogP contribution in [0.25, 0.3) is 0 Å². The lowest BCUT2D eigenvalue weighted by Crippen LogP contribution is -2.42. The topological polar surface area (TPSA) is 37.3 Å². The average molecular weight is 264 g/mol. The van der Waals surface area contributed by atoms with Crippen molar-refractivity contribution in [1.29, 1.82) is 0 Å². The van der Waals surface area contributed by atoms with Crippen LogP contribution >= 0.6 is 11.8 Å². The van der Waals surface area contributed by atoms with Crippen LogP contribution in [0.3, 0.4) is 0 Å². The average Bonchev–Trinajstić information content (AvgIpc) is 2.24. The highest BCUT2D eigenvalue weighted by Gasteiger charge is 2.46. The molecule has 0 unspecified atom stereocenters. The third-order valence-electron chi connectivity index (χ3n) is 4.15. The van der Waals surface area contributed by atoms with Crippen molar-refractivity contribution >= 4 is 17.7 Å². The van der Waals surface area contributed by atoms with E-state index in [4.69, 9.17) is 0 Å². The van der Waals surface area contributed by atoms with Gasteiger partial charge in [-0.25, -0.2) is 0 Å². The Morgan fingerprint density at radius 2 is 1.67 bits per heavy atom. The van der Waals surface area contributed by atoms with E-state index in [0.717, 1.165) is 19.3 Å². The number of carboxylic acids is 1. The van der Waals surface area contributed by atoms with Crippen LogP contribution in [-0.4, -0.2) is 15.8 Å². The van der Waals surface area contributed by atoms with Gasteiger partial charge in [-0.3, -0.25) is 4.79 Å². The number of aliphatic carboxylic acids is 1. The van der Waals surface area contributed by atoms with Crippen LogP contribution in [0.4, 0.5) is 0 Å². The maximum atomic E-state index is 11.5. The molecular formula is C15H20O2S. The van der Waals surface area contributed by atoms with Crippen LogP contribution in [0.15, 0.2) is 11.0 Å². The molecule has 0 saturated heterocycles. The van der Waals surface area contributed by atoms with E-state index in [1.165, 1.54) is 27.1 Å². The van der Waals surface area contributed by atoms with Gasteiger partial charge in [-0.1, -0.05) is 6.07 Å². The summed E-state index contributed by atoms with van der Waals surface area (Å²) in [4.78, 5) is 12.7. The SMILES string of the molecule is Cc1cc(C)c(C)c(SC2(C(=O)O)CCC2)c1C. The first kappa shape index (κ1) is 13.5. The molecule has 2 nitrogen and oxygen atoms in total. The molecule has 1 aromatic rings.